The van der Waals surface area contributed by atoms with Crippen LogP contribution in [0.15, 0.2) is 0 Å². The fraction of sp³-hybridized carbons (Fsp3) is 1.00. The summed E-state index contributed by atoms with van der Waals surface area (Å²) in [5.41, 5.74) is 0. The van der Waals surface area contributed by atoms with Crippen molar-refractivity contribution in [3.05, 3.63) is 0 Å². The van der Waals surface area contributed by atoms with Gasteiger partial charge in [-0.2, -0.15) is 0 Å². The molecule has 0 aliphatic heterocycles. The Kier molecular flexibility index (Phi) is 107. The summed E-state index contributed by atoms with van der Waals surface area (Å²) in [5.74, 6) is 0. The van der Waals surface area contributed by atoms with Gasteiger partial charge in [0.2, 0.25) is 0 Å². The van der Waals surface area contributed by atoms with Gasteiger partial charge in [-0.3, -0.25) is 0 Å². The van der Waals surface area contributed by atoms with E-state index in [-0.39, 0.29) is 40.7 Å². The Balaban J connectivity index is -0.00000000500. The van der Waals surface area contributed by atoms with E-state index in [1.807, 2.05) is 0 Å². The summed E-state index contributed by atoms with van der Waals surface area (Å²) in [6, 6.07) is 0. The molecule has 4 heavy (non-hydrogen) atoms. The monoisotopic (exact) mass is 229 g/mol. The zero-order valence-corrected chi connectivity index (χ0v) is 5.37. The van der Waals surface area contributed by atoms with Gasteiger partial charge in [-0.25, -0.2) is 0 Å². The molecule has 0 amide bonds. The first-order valence-electron chi connectivity index (χ1n) is 1.00. The van der Waals surface area contributed by atoms with E-state index in [4.69, 9.17) is 0 Å². The van der Waals surface area contributed by atoms with Crippen molar-refractivity contribution in [2.24, 2.45) is 0 Å². The van der Waals surface area contributed by atoms with Gasteiger partial charge in [-0.1, -0.05) is 6.55 Å². The molecule has 0 saturated heterocycles. The van der Waals surface area contributed by atoms with Gasteiger partial charge >= 0.3 is 23.9 Å². The molecule has 0 aromatic heterocycles. The van der Waals surface area contributed by atoms with Crippen molar-refractivity contribution < 1.29 is 16.8 Å². The Labute approximate surface area is 57.3 Å². The SMILES string of the molecule is C[SiH3].[Co].[SnH4]. The molecular formula is CH10CoSiSn. The summed E-state index contributed by atoms with van der Waals surface area (Å²) in [6.45, 7) is 2.14. The van der Waals surface area contributed by atoms with Crippen LogP contribution in [0, 0.1) is 0 Å². The van der Waals surface area contributed by atoms with Crippen LogP contribution in [0.4, 0.5) is 0 Å². The van der Waals surface area contributed by atoms with E-state index in [0.29, 0.717) is 0 Å². The molecule has 0 spiro atoms. The summed E-state index contributed by atoms with van der Waals surface area (Å²) in [5, 5.41) is 0. The molecule has 0 saturated carbocycles. The molecule has 0 fully saturated rings. The van der Waals surface area contributed by atoms with Crippen LogP contribution in [0.3, 0.4) is 0 Å². The summed E-state index contributed by atoms with van der Waals surface area (Å²) >= 11 is 0. The van der Waals surface area contributed by atoms with Gasteiger partial charge in [0.15, 0.2) is 0 Å². The molecule has 0 heterocycles. The van der Waals surface area contributed by atoms with E-state index in [1.54, 1.807) is 0 Å². The van der Waals surface area contributed by atoms with E-state index in [2.05, 4.69) is 6.55 Å². The molecule has 0 aliphatic carbocycles. The standard InChI is InChI=1S/CH6Si.Co.Sn.4H/c1-2;;;;;;/h1-2H3;;;;;;. The van der Waals surface area contributed by atoms with E-state index < -0.39 is 0 Å². The van der Waals surface area contributed by atoms with Crippen molar-refractivity contribution in [1.82, 2.24) is 0 Å². The molecule has 0 bridgehead atoms. The van der Waals surface area contributed by atoms with E-state index in [9.17, 15) is 0 Å². The first-order valence-corrected chi connectivity index (χ1v) is 3.00. The third-order valence-electron chi connectivity index (χ3n) is 0. The predicted molar refractivity (Wildman–Crippen MR) is 27.1 cm³/mol. The minimum atomic E-state index is 0. The van der Waals surface area contributed by atoms with Crippen molar-refractivity contribution in [2.75, 3.05) is 0 Å². The normalized spacial score (nSPS) is 2.25. The molecule has 0 aromatic rings. The predicted octanol–water partition coefficient (Wildman–Crippen LogP) is -2.05. The van der Waals surface area contributed by atoms with Crippen LogP contribution < -0.4 is 0 Å². The van der Waals surface area contributed by atoms with Gasteiger partial charge in [-0.05, 0) is 10.2 Å². The average Bonchev–Trinajstić information content (AvgIpc) is 1.00. The maximum absolute atomic E-state index is 2.14. The van der Waals surface area contributed by atoms with Crippen LogP contribution in [0.1, 0.15) is 0 Å². The van der Waals surface area contributed by atoms with Crippen molar-refractivity contribution in [1.29, 1.82) is 0 Å². The van der Waals surface area contributed by atoms with Crippen molar-refractivity contribution >= 4 is 34.2 Å². The average molecular weight is 228 g/mol. The Morgan fingerprint density at radius 2 is 1.25 bits per heavy atom. The second-order valence-corrected chi connectivity index (χ2v) is 0. The van der Waals surface area contributed by atoms with Crippen molar-refractivity contribution in [3.8, 4) is 0 Å². The van der Waals surface area contributed by atoms with Gasteiger partial charge < -0.3 is 0 Å². The topological polar surface area (TPSA) is 0 Å². The fourth-order valence-corrected chi connectivity index (χ4v) is 0. The molecule has 0 atom stereocenters. The molecule has 0 rings (SSSR count). The van der Waals surface area contributed by atoms with Gasteiger partial charge in [-0.15, -0.1) is 0 Å². The summed E-state index contributed by atoms with van der Waals surface area (Å²) in [7, 11) is 1.31. The first-order chi connectivity index (χ1) is 1.00. The minimum absolute atomic E-state index is 0. The van der Waals surface area contributed by atoms with Crippen LogP contribution >= 0.6 is 0 Å². The fourth-order valence-electron chi connectivity index (χ4n) is 0. The quantitative estimate of drug-likeness (QED) is 0.418. The zero-order chi connectivity index (χ0) is 2.00. The maximum atomic E-state index is 2.14. The zero-order valence-electron chi connectivity index (χ0n) is 2.33. The van der Waals surface area contributed by atoms with E-state index >= 15 is 0 Å². The third-order valence-corrected chi connectivity index (χ3v) is 0. The molecule has 31 valence electrons. The second kappa shape index (κ2) is 24.2. The Morgan fingerprint density at radius 3 is 1.25 bits per heavy atom. The van der Waals surface area contributed by atoms with Crippen LogP contribution in [-0.4, -0.2) is 34.2 Å². The van der Waals surface area contributed by atoms with E-state index in [1.165, 1.54) is 10.2 Å². The third kappa shape index (κ3) is 9.67. The van der Waals surface area contributed by atoms with Gasteiger partial charge in [0.05, 0.1) is 0 Å². The van der Waals surface area contributed by atoms with Crippen LogP contribution in [0.2, 0.25) is 6.55 Å². The molecule has 0 aromatic carbocycles. The Hall–Kier alpha value is 1.52. The summed E-state index contributed by atoms with van der Waals surface area (Å²) < 4.78 is 0. The van der Waals surface area contributed by atoms with Crippen molar-refractivity contribution in [2.45, 2.75) is 6.55 Å². The van der Waals surface area contributed by atoms with Gasteiger partial charge in [0, 0.05) is 16.8 Å². The van der Waals surface area contributed by atoms with Crippen molar-refractivity contribution in [3.63, 3.8) is 0 Å². The Morgan fingerprint density at radius 1 is 1.25 bits per heavy atom. The number of hydrogen-bond donors (Lipinski definition) is 0. The second-order valence-electron chi connectivity index (χ2n) is 0. The molecular weight excluding hydrogens is 218 g/mol. The van der Waals surface area contributed by atoms with Crippen LogP contribution in [0.5, 0.6) is 0 Å². The van der Waals surface area contributed by atoms with Crippen LogP contribution in [-0.2, 0) is 16.8 Å². The summed E-state index contributed by atoms with van der Waals surface area (Å²) in [4.78, 5) is 0. The summed E-state index contributed by atoms with van der Waals surface area (Å²) in [6.07, 6.45) is 0. The molecule has 0 nitrogen and oxygen atoms in total. The number of hydrogen-bond acceptors (Lipinski definition) is 0. The first kappa shape index (κ1) is 17.8. The van der Waals surface area contributed by atoms with Gasteiger partial charge in [0.25, 0.3) is 0 Å². The molecule has 0 unspecified atom stereocenters. The van der Waals surface area contributed by atoms with Gasteiger partial charge in [0.1, 0.15) is 0 Å². The van der Waals surface area contributed by atoms with E-state index in [0.717, 1.165) is 0 Å². The molecule has 3 heteroatoms. The Bertz CT molecular complexity index is 8.00. The van der Waals surface area contributed by atoms with Crippen LogP contribution in [0.25, 0.3) is 0 Å². The number of rotatable bonds is 0. The molecule has 1 radical (unpaired) electrons. The molecule has 0 aliphatic rings. The molecule has 0 N–H and O–H groups in total.